The number of rotatable bonds is 7. The van der Waals surface area contributed by atoms with E-state index in [0.717, 1.165) is 0 Å². The summed E-state index contributed by atoms with van der Waals surface area (Å²) in [6.07, 6.45) is -0.943. The van der Waals surface area contributed by atoms with Crippen molar-refractivity contribution >= 4 is 6.29 Å². The Labute approximate surface area is 121 Å². The van der Waals surface area contributed by atoms with Gasteiger partial charge in [0.15, 0.2) is 23.3 Å². The third-order valence-electron chi connectivity index (χ3n) is 3.03. The van der Waals surface area contributed by atoms with Gasteiger partial charge in [-0.1, -0.05) is 20.8 Å². The van der Waals surface area contributed by atoms with E-state index in [1.165, 1.54) is 6.92 Å². The second-order valence-corrected chi connectivity index (χ2v) is 5.17. The van der Waals surface area contributed by atoms with Crippen LogP contribution in [0.15, 0.2) is 0 Å². The highest BCUT2D eigenvalue weighted by Crippen LogP contribution is 2.26. The van der Waals surface area contributed by atoms with Crippen LogP contribution in [0.2, 0.25) is 0 Å². The van der Waals surface area contributed by atoms with Gasteiger partial charge in [0.25, 0.3) is 0 Å². The van der Waals surface area contributed by atoms with Crippen molar-refractivity contribution in [2.45, 2.75) is 39.7 Å². The topological polar surface area (TPSA) is 26.3 Å². The first-order chi connectivity index (χ1) is 9.83. The SMILES string of the molecule is CCc1c(F)c(F)c(F)c(F)c1CC(C=O)OCC(C)C. The number of carbonyl (C=O) groups excluding carboxylic acids is 1. The molecule has 0 fully saturated rings. The number of ether oxygens (including phenoxy) is 1. The van der Waals surface area contributed by atoms with Crippen LogP contribution in [0, 0.1) is 29.2 Å². The standard InChI is InChI=1S/C15H18F4O2/c1-4-10-11(5-9(6-20)21-7-8(2)3)13(17)15(19)14(18)12(10)16/h6,8-9H,4-5,7H2,1-3H3. The molecule has 118 valence electrons. The molecular weight excluding hydrogens is 288 g/mol. The van der Waals surface area contributed by atoms with Crippen molar-refractivity contribution in [2.75, 3.05) is 6.61 Å². The van der Waals surface area contributed by atoms with Crippen molar-refractivity contribution in [3.63, 3.8) is 0 Å². The number of aldehydes is 1. The monoisotopic (exact) mass is 306 g/mol. The summed E-state index contributed by atoms with van der Waals surface area (Å²) in [6, 6.07) is 0. The fourth-order valence-corrected chi connectivity index (χ4v) is 1.97. The summed E-state index contributed by atoms with van der Waals surface area (Å²) in [7, 11) is 0. The molecule has 0 saturated carbocycles. The van der Waals surface area contributed by atoms with E-state index in [0.29, 0.717) is 6.29 Å². The Bertz CT molecular complexity index is 515. The van der Waals surface area contributed by atoms with Gasteiger partial charge in [0.1, 0.15) is 12.4 Å². The minimum Gasteiger partial charge on any atom is -0.370 e. The normalized spacial score (nSPS) is 12.8. The molecule has 21 heavy (non-hydrogen) atoms. The lowest BCUT2D eigenvalue weighted by atomic mass is 9.98. The van der Waals surface area contributed by atoms with Gasteiger partial charge >= 0.3 is 0 Å². The number of hydrogen-bond donors (Lipinski definition) is 0. The van der Waals surface area contributed by atoms with Gasteiger partial charge in [-0.15, -0.1) is 0 Å². The summed E-state index contributed by atoms with van der Waals surface area (Å²) in [5.74, 6) is -6.44. The van der Waals surface area contributed by atoms with Gasteiger partial charge in [0, 0.05) is 18.6 Å². The zero-order valence-corrected chi connectivity index (χ0v) is 12.2. The van der Waals surface area contributed by atoms with E-state index in [1.807, 2.05) is 13.8 Å². The molecule has 0 N–H and O–H groups in total. The predicted octanol–water partition coefficient (Wildman–Crippen LogP) is 3.59. The Morgan fingerprint density at radius 2 is 1.52 bits per heavy atom. The maximum Gasteiger partial charge on any atom is 0.197 e. The molecule has 0 aliphatic carbocycles. The van der Waals surface area contributed by atoms with Crippen LogP contribution in [-0.2, 0) is 22.4 Å². The van der Waals surface area contributed by atoms with E-state index in [2.05, 4.69) is 0 Å². The average Bonchev–Trinajstić information content (AvgIpc) is 2.46. The van der Waals surface area contributed by atoms with E-state index in [9.17, 15) is 22.4 Å². The van der Waals surface area contributed by atoms with Crippen LogP contribution in [-0.4, -0.2) is 19.0 Å². The zero-order valence-electron chi connectivity index (χ0n) is 12.2. The van der Waals surface area contributed by atoms with Crippen LogP contribution in [0.1, 0.15) is 31.9 Å². The lowest BCUT2D eigenvalue weighted by molar-refractivity contribution is -0.118. The van der Waals surface area contributed by atoms with Crippen LogP contribution >= 0.6 is 0 Å². The van der Waals surface area contributed by atoms with E-state index in [-0.39, 0.29) is 36.5 Å². The van der Waals surface area contributed by atoms with Crippen LogP contribution in [0.5, 0.6) is 0 Å². The molecule has 0 saturated heterocycles. The quantitative estimate of drug-likeness (QED) is 0.333. The predicted molar refractivity (Wildman–Crippen MR) is 70.0 cm³/mol. The first-order valence-electron chi connectivity index (χ1n) is 6.73. The van der Waals surface area contributed by atoms with E-state index in [1.54, 1.807) is 0 Å². The minimum atomic E-state index is -1.87. The summed E-state index contributed by atoms with van der Waals surface area (Å²) in [5, 5.41) is 0. The van der Waals surface area contributed by atoms with Crippen molar-refractivity contribution in [1.82, 2.24) is 0 Å². The molecule has 0 amide bonds. The van der Waals surface area contributed by atoms with Gasteiger partial charge in [0.05, 0.1) is 0 Å². The lowest BCUT2D eigenvalue weighted by Gasteiger charge is -2.17. The Morgan fingerprint density at radius 3 is 1.95 bits per heavy atom. The van der Waals surface area contributed by atoms with Gasteiger partial charge < -0.3 is 9.53 Å². The van der Waals surface area contributed by atoms with E-state index in [4.69, 9.17) is 4.74 Å². The van der Waals surface area contributed by atoms with Gasteiger partial charge in [-0.25, -0.2) is 17.6 Å². The smallest absolute Gasteiger partial charge is 0.197 e. The highest BCUT2D eigenvalue weighted by atomic mass is 19.2. The fraction of sp³-hybridized carbons (Fsp3) is 0.533. The third-order valence-corrected chi connectivity index (χ3v) is 3.03. The Kier molecular flexibility index (Phi) is 6.33. The van der Waals surface area contributed by atoms with Gasteiger partial charge in [-0.2, -0.15) is 0 Å². The van der Waals surface area contributed by atoms with Crippen LogP contribution in [0.25, 0.3) is 0 Å². The summed E-state index contributed by atoms with van der Waals surface area (Å²) in [6.45, 7) is 5.45. The van der Waals surface area contributed by atoms with Crippen LogP contribution in [0.3, 0.4) is 0 Å². The molecule has 6 heteroatoms. The van der Waals surface area contributed by atoms with Crippen molar-refractivity contribution in [1.29, 1.82) is 0 Å². The number of benzene rings is 1. The van der Waals surface area contributed by atoms with E-state index >= 15 is 0 Å². The molecule has 1 rings (SSSR count). The molecule has 1 aromatic rings. The van der Waals surface area contributed by atoms with Gasteiger partial charge in [-0.3, -0.25) is 0 Å². The highest BCUT2D eigenvalue weighted by Gasteiger charge is 2.26. The molecule has 0 aliphatic heterocycles. The van der Waals surface area contributed by atoms with Gasteiger partial charge in [-0.05, 0) is 17.9 Å². The molecule has 1 atom stereocenters. The second-order valence-electron chi connectivity index (χ2n) is 5.17. The number of halogens is 4. The number of hydrogen-bond acceptors (Lipinski definition) is 2. The van der Waals surface area contributed by atoms with Crippen molar-refractivity contribution < 1.29 is 27.1 Å². The summed E-state index contributed by atoms with van der Waals surface area (Å²) >= 11 is 0. The largest absolute Gasteiger partial charge is 0.370 e. The summed E-state index contributed by atoms with van der Waals surface area (Å²) in [5.41, 5.74) is -0.624. The molecular formula is C15H18F4O2. The molecule has 1 aromatic carbocycles. The Hall–Kier alpha value is -1.43. The molecule has 0 aromatic heterocycles. The Morgan fingerprint density at radius 1 is 1.00 bits per heavy atom. The van der Waals surface area contributed by atoms with E-state index < -0.39 is 29.4 Å². The molecule has 0 bridgehead atoms. The first-order valence-corrected chi connectivity index (χ1v) is 6.73. The molecule has 0 aliphatic rings. The maximum absolute atomic E-state index is 13.8. The van der Waals surface area contributed by atoms with Gasteiger partial charge in [0.2, 0.25) is 0 Å². The molecule has 1 unspecified atom stereocenters. The van der Waals surface area contributed by atoms with Crippen molar-refractivity contribution in [2.24, 2.45) is 5.92 Å². The fourth-order valence-electron chi connectivity index (χ4n) is 1.97. The van der Waals surface area contributed by atoms with Crippen LogP contribution in [0.4, 0.5) is 17.6 Å². The maximum atomic E-state index is 13.8. The highest BCUT2D eigenvalue weighted by molar-refractivity contribution is 5.57. The Balaban J connectivity index is 3.14. The first kappa shape index (κ1) is 17.6. The molecule has 2 nitrogen and oxygen atoms in total. The van der Waals surface area contributed by atoms with Crippen molar-refractivity contribution in [3.8, 4) is 0 Å². The van der Waals surface area contributed by atoms with Crippen molar-refractivity contribution in [3.05, 3.63) is 34.4 Å². The summed E-state index contributed by atoms with van der Waals surface area (Å²) in [4.78, 5) is 11.0. The third kappa shape index (κ3) is 4.03. The second kappa shape index (κ2) is 7.54. The lowest BCUT2D eigenvalue weighted by Crippen LogP contribution is -2.23. The molecule has 0 radical (unpaired) electrons. The number of carbonyl (C=O) groups is 1. The average molecular weight is 306 g/mol. The van der Waals surface area contributed by atoms with Crippen LogP contribution < -0.4 is 0 Å². The minimum absolute atomic E-state index is 0.0228. The molecule has 0 spiro atoms. The molecule has 0 heterocycles. The zero-order chi connectivity index (χ0) is 16.2. The summed E-state index contributed by atoms with van der Waals surface area (Å²) < 4.78 is 59.3.